The zero-order chi connectivity index (χ0) is 17.9. The van der Waals surface area contributed by atoms with Crippen LogP contribution in [0.5, 0.6) is 0 Å². The molecule has 0 aliphatic rings. The fraction of sp³-hybridized carbons (Fsp3) is 0.0476. The van der Waals surface area contributed by atoms with Gasteiger partial charge in [0.25, 0.3) is 5.91 Å². The number of hydrazone groups is 1. The normalized spacial score (nSPS) is 11.3. The molecule has 0 aliphatic carbocycles. The van der Waals surface area contributed by atoms with E-state index in [0.29, 0.717) is 4.88 Å². The first-order chi connectivity index (χ1) is 12.8. The van der Waals surface area contributed by atoms with Crippen molar-refractivity contribution in [3.8, 4) is 11.3 Å². The van der Waals surface area contributed by atoms with Crippen molar-refractivity contribution in [2.45, 2.75) is 0 Å². The number of nitrogens with one attached hydrogen (secondary N) is 1. The predicted octanol–water partition coefficient (Wildman–Crippen LogP) is 4.67. The minimum Gasteiger partial charge on any atom is -0.343 e. The van der Waals surface area contributed by atoms with Gasteiger partial charge in [-0.2, -0.15) is 5.10 Å². The number of para-hydroxylation sites is 1. The van der Waals surface area contributed by atoms with Gasteiger partial charge in [0.2, 0.25) is 0 Å². The van der Waals surface area contributed by atoms with E-state index < -0.39 is 0 Å². The van der Waals surface area contributed by atoms with Gasteiger partial charge in [0.15, 0.2) is 0 Å². The molecule has 0 saturated carbocycles. The van der Waals surface area contributed by atoms with Gasteiger partial charge in [0.05, 0.1) is 16.8 Å². The number of fused-ring (bicyclic) bond motifs is 1. The lowest BCUT2D eigenvalue weighted by Crippen LogP contribution is -2.16. The Morgan fingerprint density at radius 2 is 1.81 bits per heavy atom. The summed E-state index contributed by atoms with van der Waals surface area (Å²) in [6.45, 7) is 0. The molecule has 2 aromatic heterocycles. The van der Waals surface area contributed by atoms with Crippen molar-refractivity contribution in [2.75, 3.05) is 0 Å². The number of carbonyl (C=O) groups excluding carboxylic acids is 1. The topological polar surface area (TPSA) is 46.4 Å². The molecule has 0 aliphatic heterocycles. The molecule has 0 saturated heterocycles. The van der Waals surface area contributed by atoms with E-state index in [0.717, 1.165) is 27.7 Å². The zero-order valence-corrected chi connectivity index (χ0v) is 15.0. The van der Waals surface area contributed by atoms with Gasteiger partial charge in [-0.1, -0.05) is 54.6 Å². The second-order valence-corrected chi connectivity index (χ2v) is 6.83. The summed E-state index contributed by atoms with van der Waals surface area (Å²) in [6, 6.07) is 22.0. The molecular weight excluding hydrogens is 342 g/mol. The highest BCUT2D eigenvalue weighted by Crippen LogP contribution is 2.31. The van der Waals surface area contributed by atoms with E-state index in [1.807, 2.05) is 48.8 Å². The SMILES string of the molecule is Cn1c(-c2ccccc2)c(/C=N/NC(=O)c2cccs2)c2ccccc21. The largest absolute Gasteiger partial charge is 0.343 e. The second-order valence-electron chi connectivity index (χ2n) is 5.88. The molecule has 4 aromatic rings. The first-order valence-electron chi connectivity index (χ1n) is 8.25. The number of amides is 1. The summed E-state index contributed by atoms with van der Waals surface area (Å²) >= 11 is 1.39. The summed E-state index contributed by atoms with van der Waals surface area (Å²) in [6.07, 6.45) is 1.73. The van der Waals surface area contributed by atoms with E-state index in [1.54, 1.807) is 12.3 Å². The third-order valence-corrected chi connectivity index (χ3v) is 5.17. The van der Waals surface area contributed by atoms with Gasteiger partial charge in [-0.25, -0.2) is 5.43 Å². The summed E-state index contributed by atoms with van der Waals surface area (Å²) in [4.78, 5) is 12.7. The number of thiophene rings is 1. The Balaban J connectivity index is 1.76. The molecule has 0 fully saturated rings. The van der Waals surface area contributed by atoms with Crippen molar-refractivity contribution in [2.24, 2.45) is 12.1 Å². The molecule has 1 amide bonds. The first kappa shape index (κ1) is 16.3. The Bertz CT molecular complexity index is 1080. The van der Waals surface area contributed by atoms with Gasteiger partial charge in [-0.15, -0.1) is 11.3 Å². The Labute approximate surface area is 155 Å². The van der Waals surface area contributed by atoms with Crippen molar-refractivity contribution in [1.82, 2.24) is 9.99 Å². The van der Waals surface area contributed by atoms with E-state index in [4.69, 9.17) is 0 Å². The highest BCUT2D eigenvalue weighted by Gasteiger charge is 2.15. The maximum atomic E-state index is 12.1. The monoisotopic (exact) mass is 359 g/mol. The molecule has 128 valence electrons. The number of hydrogen-bond donors (Lipinski definition) is 1. The molecule has 0 bridgehead atoms. The van der Waals surface area contributed by atoms with Crippen LogP contribution in [0.4, 0.5) is 0 Å². The maximum Gasteiger partial charge on any atom is 0.281 e. The summed E-state index contributed by atoms with van der Waals surface area (Å²) in [5, 5.41) is 7.19. The van der Waals surface area contributed by atoms with Gasteiger partial charge in [0.1, 0.15) is 0 Å². The molecular formula is C21H17N3OS. The quantitative estimate of drug-likeness (QED) is 0.418. The second kappa shape index (κ2) is 6.98. The first-order valence-corrected chi connectivity index (χ1v) is 9.13. The van der Waals surface area contributed by atoms with Crippen molar-refractivity contribution in [3.63, 3.8) is 0 Å². The van der Waals surface area contributed by atoms with Crippen LogP contribution in [0.1, 0.15) is 15.2 Å². The maximum absolute atomic E-state index is 12.1. The van der Waals surface area contributed by atoms with E-state index >= 15 is 0 Å². The number of hydrogen-bond acceptors (Lipinski definition) is 3. The Morgan fingerprint density at radius 1 is 1.04 bits per heavy atom. The number of rotatable bonds is 4. The molecule has 0 radical (unpaired) electrons. The lowest BCUT2D eigenvalue weighted by Gasteiger charge is -2.06. The fourth-order valence-corrected chi connectivity index (χ4v) is 3.73. The third-order valence-electron chi connectivity index (χ3n) is 4.30. The van der Waals surface area contributed by atoms with Gasteiger partial charge >= 0.3 is 0 Å². The summed E-state index contributed by atoms with van der Waals surface area (Å²) < 4.78 is 2.16. The average molecular weight is 359 g/mol. The van der Waals surface area contributed by atoms with Gasteiger partial charge in [-0.3, -0.25) is 4.79 Å². The Hall–Kier alpha value is -3.18. The number of aryl methyl sites for hydroxylation is 1. The minimum atomic E-state index is -0.197. The molecule has 5 heteroatoms. The lowest BCUT2D eigenvalue weighted by molar-refractivity contribution is 0.0959. The van der Waals surface area contributed by atoms with Crippen LogP contribution in [0.2, 0.25) is 0 Å². The average Bonchev–Trinajstić information content (AvgIpc) is 3.30. The summed E-state index contributed by atoms with van der Waals surface area (Å²) in [5.74, 6) is -0.197. The van der Waals surface area contributed by atoms with Crippen LogP contribution in [0.3, 0.4) is 0 Å². The van der Waals surface area contributed by atoms with Crippen LogP contribution < -0.4 is 5.43 Å². The van der Waals surface area contributed by atoms with Crippen molar-refractivity contribution < 1.29 is 4.79 Å². The Morgan fingerprint density at radius 3 is 2.58 bits per heavy atom. The number of nitrogens with zero attached hydrogens (tertiary/aromatic N) is 2. The number of aromatic nitrogens is 1. The van der Waals surface area contributed by atoms with Crippen LogP contribution in [0.25, 0.3) is 22.2 Å². The summed E-state index contributed by atoms with van der Waals surface area (Å²) in [5.41, 5.74) is 6.91. The van der Waals surface area contributed by atoms with Crippen LogP contribution in [0, 0.1) is 0 Å². The van der Waals surface area contributed by atoms with Crippen molar-refractivity contribution in [3.05, 3.63) is 82.6 Å². The molecule has 4 rings (SSSR count). The van der Waals surface area contributed by atoms with Crippen molar-refractivity contribution in [1.29, 1.82) is 0 Å². The zero-order valence-electron chi connectivity index (χ0n) is 14.2. The molecule has 0 spiro atoms. The molecule has 1 N–H and O–H groups in total. The van der Waals surface area contributed by atoms with Crippen LogP contribution in [-0.2, 0) is 7.05 Å². The molecule has 2 aromatic carbocycles. The molecule has 26 heavy (non-hydrogen) atoms. The van der Waals surface area contributed by atoms with E-state index in [1.165, 1.54) is 11.3 Å². The number of carbonyl (C=O) groups is 1. The minimum absolute atomic E-state index is 0.197. The van der Waals surface area contributed by atoms with Gasteiger partial charge in [-0.05, 0) is 23.1 Å². The Kier molecular flexibility index (Phi) is 4.37. The molecule has 0 unspecified atom stereocenters. The van der Waals surface area contributed by atoms with Gasteiger partial charge < -0.3 is 4.57 Å². The van der Waals surface area contributed by atoms with Crippen LogP contribution in [0.15, 0.2) is 77.2 Å². The standard InChI is InChI=1S/C21H17N3OS/c1-24-18-11-6-5-10-16(18)17(20(24)15-8-3-2-4-9-15)14-22-23-21(25)19-12-7-13-26-19/h2-14H,1H3,(H,23,25)/b22-14+. The van der Waals surface area contributed by atoms with E-state index in [-0.39, 0.29) is 5.91 Å². The summed E-state index contributed by atoms with van der Waals surface area (Å²) in [7, 11) is 2.05. The predicted molar refractivity (Wildman–Crippen MR) is 108 cm³/mol. The molecule has 2 heterocycles. The van der Waals surface area contributed by atoms with E-state index in [2.05, 4.69) is 39.4 Å². The highest BCUT2D eigenvalue weighted by atomic mass is 32.1. The molecule has 0 atom stereocenters. The van der Waals surface area contributed by atoms with Gasteiger partial charge in [0, 0.05) is 23.5 Å². The lowest BCUT2D eigenvalue weighted by atomic mass is 10.1. The van der Waals surface area contributed by atoms with Crippen LogP contribution >= 0.6 is 11.3 Å². The van der Waals surface area contributed by atoms with Crippen LogP contribution in [-0.4, -0.2) is 16.7 Å². The highest BCUT2D eigenvalue weighted by molar-refractivity contribution is 7.12. The fourth-order valence-electron chi connectivity index (χ4n) is 3.12. The third kappa shape index (κ3) is 2.93. The smallest absolute Gasteiger partial charge is 0.281 e. The number of benzene rings is 2. The van der Waals surface area contributed by atoms with E-state index in [9.17, 15) is 4.79 Å². The van der Waals surface area contributed by atoms with Crippen molar-refractivity contribution >= 4 is 34.4 Å². The molecule has 4 nitrogen and oxygen atoms in total.